The van der Waals surface area contributed by atoms with Crippen LogP contribution in [0.3, 0.4) is 0 Å². The minimum absolute atomic E-state index is 0.246. The highest BCUT2D eigenvalue weighted by Gasteiger charge is 2.23. The number of rotatable bonds is 1. The summed E-state index contributed by atoms with van der Waals surface area (Å²) in [5, 5.41) is 0. The van der Waals surface area contributed by atoms with Gasteiger partial charge in [-0.3, -0.25) is 4.98 Å². The van der Waals surface area contributed by atoms with Crippen LogP contribution in [0, 0.1) is 0 Å². The van der Waals surface area contributed by atoms with Crippen LogP contribution in [-0.4, -0.2) is 4.98 Å². The van der Waals surface area contributed by atoms with E-state index in [0.717, 1.165) is 5.92 Å². The van der Waals surface area contributed by atoms with Crippen LogP contribution < -0.4 is 0 Å². The Kier molecular flexibility index (Phi) is 3.32. The Bertz CT molecular complexity index is 343. The standard InChI is InChI=1S/C15H23N/c1-15(2,3)14-9-10-16-11-13(14)12-7-5-4-6-8-12/h9-12H,4-8H2,1-3H3. The van der Waals surface area contributed by atoms with Gasteiger partial charge >= 0.3 is 0 Å². The van der Waals surface area contributed by atoms with E-state index in [4.69, 9.17) is 0 Å². The molecule has 0 spiro atoms. The minimum atomic E-state index is 0.246. The number of nitrogens with zero attached hydrogens (tertiary/aromatic N) is 1. The molecule has 0 radical (unpaired) electrons. The fourth-order valence-corrected chi connectivity index (χ4v) is 2.83. The number of hydrogen-bond donors (Lipinski definition) is 0. The van der Waals surface area contributed by atoms with E-state index in [0.29, 0.717) is 0 Å². The first-order valence-corrected chi connectivity index (χ1v) is 6.53. The molecule has 1 fully saturated rings. The lowest BCUT2D eigenvalue weighted by Gasteiger charge is -2.29. The van der Waals surface area contributed by atoms with E-state index < -0.39 is 0 Å². The van der Waals surface area contributed by atoms with Gasteiger partial charge in [0.1, 0.15) is 0 Å². The lowest BCUT2D eigenvalue weighted by Crippen LogP contribution is -2.17. The quantitative estimate of drug-likeness (QED) is 0.678. The second-order valence-electron chi connectivity index (χ2n) is 6.05. The number of pyridine rings is 1. The summed E-state index contributed by atoms with van der Waals surface area (Å²) in [7, 11) is 0. The van der Waals surface area contributed by atoms with Crippen molar-refractivity contribution in [2.45, 2.75) is 64.2 Å². The highest BCUT2D eigenvalue weighted by molar-refractivity contribution is 5.33. The smallest absolute Gasteiger partial charge is 0.0305 e. The zero-order chi connectivity index (χ0) is 11.6. The molecular weight excluding hydrogens is 194 g/mol. The molecule has 1 nitrogen and oxygen atoms in total. The monoisotopic (exact) mass is 217 g/mol. The molecule has 1 heterocycles. The van der Waals surface area contributed by atoms with E-state index in [-0.39, 0.29) is 5.41 Å². The van der Waals surface area contributed by atoms with Gasteiger partial charge < -0.3 is 0 Å². The van der Waals surface area contributed by atoms with E-state index >= 15 is 0 Å². The third-order valence-corrected chi connectivity index (χ3v) is 3.70. The van der Waals surface area contributed by atoms with Gasteiger partial charge in [-0.1, -0.05) is 40.0 Å². The Morgan fingerprint density at radius 1 is 1.12 bits per heavy atom. The largest absolute Gasteiger partial charge is 0.264 e. The molecule has 0 saturated heterocycles. The maximum absolute atomic E-state index is 4.33. The van der Waals surface area contributed by atoms with Crippen LogP contribution in [0.25, 0.3) is 0 Å². The predicted octanol–water partition coefficient (Wildman–Crippen LogP) is 4.43. The fourth-order valence-electron chi connectivity index (χ4n) is 2.83. The van der Waals surface area contributed by atoms with E-state index in [1.54, 1.807) is 0 Å². The minimum Gasteiger partial charge on any atom is -0.264 e. The highest BCUT2D eigenvalue weighted by Crippen LogP contribution is 2.37. The molecule has 0 unspecified atom stereocenters. The van der Waals surface area contributed by atoms with Crippen LogP contribution in [0.15, 0.2) is 18.5 Å². The topological polar surface area (TPSA) is 12.9 Å². The summed E-state index contributed by atoms with van der Waals surface area (Å²) < 4.78 is 0. The van der Waals surface area contributed by atoms with E-state index in [2.05, 4.69) is 38.0 Å². The van der Waals surface area contributed by atoms with Gasteiger partial charge in [0.2, 0.25) is 0 Å². The lowest BCUT2D eigenvalue weighted by atomic mass is 9.76. The van der Waals surface area contributed by atoms with Gasteiger partial charge in [0, 0.05) is 12.4 Å². The van der Waals surface area contributed by atoms with Crippen molar-refractivity contribution < 1.29 is 0 Å². The summed E-state index contributed by atoms with van der Waals surface area (Å²) in [6, 6.07) is 2.21. The van der Waals surface area contributed by atoms with Gasteiger partial charge in [0.05, 0.1) is 0 Å². The van der Waals surface area contributed by atoms with Crippen molar-refractivity contribution in [3.05, 3.63) is 29.6 Å². The molecule has 1 saturated carbocycles. The van der Waals surface area contributed by atoms with E-state index in [1.165, 1.54) is 43.2 Å². The zero-order valence-electron chi connectivity index (χ0n) is 10.8. The van der Waals surface area contributed by atoms with Crippen LogP contribution in [0.5, 0.6) is 0 Å². The molecule has 1 aromatic rings. The maximum Gasteiger partial charge on any atom is 0.0305 e. The Balaban J connectivity index is 2.32. The van der Waals surface area contributed by atoms with Crippen molar-refractivity contribution in [3.63, 3.8) is 0 Å². The van der Waals surface area contributed by atoms with Gasteiger partial charge in [0.25, 0.3) is 0 Å². The highest BCUT2D eigenvalue weighted by atomic mass is 14.6. The second kappa shape index (κ2) is 4.57. The Morgan fingerprint density at radius 3 is 2.44 bits per heavy atom. The van der Waals surface area contributed by atoms with Gasteiger partial charge in [-0.15, -0.1) is 0 Å². The molecule has 0 amide bonds. The number of hydrogen-bond acceptors (Lipinski definition) is 1. The summed E-state index contributed by atoms with van der Waals surface area (Å²) in [4.78, 5) is 4.33. The van der Waals surface area contributed by atoms with E-state index in [9.17, 15) is 0 Å². The fraction of sp³-hybridized carbons (Fsp3) is 0.667. The first kappa shape index (κ1) is 11.6. The molecule has 1 heteroatoms. The molecule has 0 N–H and O–H groups in total. The SMILES string of the molecule is CC(C)(C)c1ccncc1C1CCCCC1. The summed E-state index contributed by atoms with van der Waals surface area (Å²) >= 11 is 0. The van der Waals surface area contributed by atoms with Crippen LogP contribution >= 0.6 is 0 Å². The molecule has 0 aliphatic heterocycles. The van der Waals surface area contributed by atoms with Crippen molar-refractivity contribution in [3.8, 4) is 0 Å². The van der Waals surface area contributed by atoms with Crippen LogP contribution in [0.1, 0.15) is 69.9 Å². The molecule has 0 atom stereocenters. The molecule has 2 rings (SSSR count). The van der Waals surface area contributed by atoms with Gasteiger partial charge in [-0.2, -0.15) is 0 Å². The average molecular weight is 217 g/mol. The zero-order valence-corrected chi connectivity index (χ0v) is 10.8. The predicted molar refractivity (Wildman–Crippen MR) is 68.8 cm³/mol. The molecule has 88 valence electrons. The van der Waals surface area contributed by atoms with Crippen LogP contribution in [-0.2, 0) is 5.41 Å². The van der Waals surface area contributed by atoms with Gasteiger partial charge in [-0.25, -0.2) is 0 Å². The maximum atomic E-state index is 4.33. The van der Waals surface area contributed by atoms with Gasteiger partial charge in [0.15, 0.2) is 0 Å². The second-order valence-corrected chi connectivity index (χ2v) is 6.05. The van der Waals surface area contributed by atoms with Crippen LogP contribution in [0.2, 0.25) is 0 Å². The van der Waals surface area contributed by atoms with Crippen molar-refractivity contribution in [2.24, 2.45) is 0 Å². The molecule has 16 heavy (non-hydrogen) atoms. The van der Waals surface area contributed by atoms with Crippen LogP contribution in [0.4, 0.5) is 0 Å². The average Bonchev–Trinajstić information content (AvgIpc) is 2.29. The first-order chi connectivity index (χ1) is 7.59. The van der Waals surface area contributed by atoms with Crippen molar-refractivity contribution in [2.75, 3.05) is 0 Å². The first-order valence-electron chi connectivity index (χ1n) is 6.53. The summed E-state index contributed by atoms with van der Waals surface area (Å²) in [5.74, 6) is 0.761. The molecule has 1 aliphatic rings. The summed E-state index contributed by atoms with van der Waals surface area (Å²) in [6.45, 7) is 6.90. The van der Waals surface area contributed by atoms with E-state index in [1.807, 2.05) is 6.20 Å². The molecule has 1 aromatic heterocycles. The lowest BCUT2D eigenvalue weighted by molar-refractivity contribution is 0.434. The molecule has 0 bridgehead atoms. The van der Waals surface area contributed by atoms with Crippen molar-refractivity contribution in [1.29, 1.82) is 0 Å². The van der Waals surface area contributed by atoms with Crippen molar-refractivity contribution in [1.82, 2.24) is 4.98 Å². The molecule has 0 aromatic carbocycles. The number of aromatic nitrogens is 1. The third-order valence-electron chi connectivity index (χ3n) is 3.70. The van der Waals surface area contributed by atoms with Gasteiger partial charge in [-0.05, 0) is 41.4 Å². The Labute approximate surface area is 99.3 Å². The Morgan fingerprint density at radius 2 is 1.81 bits per heavy atom. The third kappa shape index (κ3) is 2.45. The summed E-state index contributed by atoms with van der Waals surface area (Å²) in [6.07, 6.45) is 11.0. The molecular formula is C15H23N. The molecule has 1 aliphatic carbocycles. The summed E-state index contributed by atoms with van der Waals surface area (Å²) in [5.41, 5.74) is 3.25. The van der Waals surface area contributed by atoms with Crippen molar-refractivity contribution >= 4 is 0 Å². The Hall–Kier alpha value is -0.850. The normalized spacial score (nSPS) is 18.7.